The van der Waals surface area contributed by atoms with Crippen LogP contribution < -0.4 is 11.1 Å². The van der Waals surface area contributed by atoms with Gasteiger partial charge in [0, 0.05) is 11.6 Å². The quantitative estimate of drug-likeness (QED) is 0.699. The minimum absolute atomic E-state index is 0.229. The number of hydrogen-bond acceptors (Lipinski definition) is 4. The first-order valence-corrected chi connectivity index (χ1v) is 7.52. The SMILES string of the molecule is Cc1csc(C(=O)Nc2ccc(N)c3ncccc23)c1Cl. The highest BCUT2D eigenvalue weighted by Gasteiger charge is 2.16. The predicted octanol–water partition coefficient (Wildman–Crippen LogP) is 4.09. The molecule has 0 atom stereocenters. The standard InChI is InChI=1S/C15H12ClN3OS/c1-8-7-21-14(12(8)16)15(20)19-11-5-4-10(17)13-9(11)3-2-6-18-13/h2-7H,17H2,1H3,(H,19,20). The molecule has 2 heterocycles. The van der Waals surface area contributed by atoms with E-state index in [1.807, 2.05) is 18.4 Å². The smallest absolute Gasteiger partial charge is 0.267 e. The van der Waals surface area contributed by atoms with Crippen LogP contribution in [0.5, 0.6) is 0 Å². The van der Waals surface area contributed by atoms with Gasteiger partial charge in [-0.2, -0.15) is 0 Å². The van der Waals surface area contributed by atoms with Crippen molar-refractivity contribution in [2.75, 3.05) is 11.1 Å². The number of aromatic nitrogens is 1. The van der Waals surface area contributed by atoms with E-state index in [1.165, 1.54) is 11.3 Å². The van der Waals surface area contributed by atoms with Crippen LogP contribution in [0, 0.1) is 6.92 Å². The van der Waals surface area contributed by atoms with Crippen LogP contribution >= 0.6 is 22.9 Å². The maximum Gasteiger partial charge on any atom is 0.267 e. The third kappa shape index (κ3) is 2.46. The highest BCUT2D eigenvalue weighted by molar-refractivity contribution is 7.13. The lowest BCUT2D eigenvalue weighted by molar-refractivity contribution is 0.103. The largest absolute Gasteiger partial charge is 0.397 e. The number of nitrogens with two attached hydrogens (primary N) is 1. The number of hydrogen-bond donors (Lipinski definition) is 2. The maximum absolute atomic E-state index is 12.3. The molecule has 0 saturated carbocycles. The number of aryl methyl sites for hydroxylation is 1. The minimum atomic E-state index is -0.229. The highest BCUT2D eigenvalue weighted by atomic mass is 35.5. The van der Waals surface area contributed by atoms with E-state index < -0.39 is 0 Å². The maximum atomic E-state index is 12.3. The Kier molecular flexibility index (Phi) is 3.53. The first-order valence-electron chi connectivity index (χ1n) is 6.26. The van der Waals surface area contributed by atoms with Crippen molar-refractivity contribution in [3.63, 3.8) is 0 Å². The lowest BCUT2D eigenvalue weighted by Gasteiger charge is -2.09. The second-order valence-electron chi connectivity index (χ2n) is 4.62. The van der Waals surface area contributed by atoms with E-state index >= 15 is 0 Å². The summed E-state index contributed by atoms with van der Waals surface area (Å²) in [6.07, 6.45) is 1.67. The monoisotopic (exact) mass is 317 g/mol. The van der Waals surface area contributed by atoms with Gasteiger partial charge in [0.25, 0.3) is 5.91 Å². The van der Waals surface area contributed by atoms with Crippen molar-refractivity contribution in [1.82, 2.24) is 4.98 Å². The van der Waals surface area contributed by atoms with E-state index in [1.54, 1.807) is 24.4 Å². The summed E-state index contributed by atoms with van der Waals surface area (Å²) in [5.41, 5.74) is 8.71. The van der Waals surface area contributed by atoms with Crippen LogP contribution in [-0.4, -0.2) is 10.9 Å². The van der Waals surface area contributed by atoms with E-state index in [9.17, 15) is 4.79 Å². The highest BCUT2D eigenvalue weighted by Crippen LogP contribution is 2.30. The lowest BCUT2D eigenvalue weighted by Crippen LogP contribution is -2.11. The van der Waals surface area contributed by atoms with Gasteiger partial charge in [0.15, 0.2) is 0 Å². The molecule has 3 N–H and O–H groups in total. The Bertz CT molecular complexity index is 844. The van der Waals surface area contributed by atoms with E-state index in [-0.39, 0.29) is 5.91 Å². The molecule has 106 valence electrons. The van der Waals surface area contributed by atoms with Crippen LogP contribution in [0.25, 0.3) is 10.9 Å². The minimum Gasteiger partial charge on any atom is -0.397 e. The Balaban J connectivity index is 2.01. The second kappa shape index (κ2) is 5.35. The zero-order chi connectivity index (χ0) is 15.0. The van der Waals surface area contributed by atoms with Crippen molar-refractivity contribution in [3.8, 4) is 0 Å². The second-order valence-corrected chi connectivity index (χ2v) is 5.88. The Hall–Kier alpha value is -2.11. The number of carbonyl (C=O) groups excluding carboxylic acids is 1. The van der Waals surface area contributed by atoms with Gasteiger partial charge in [-0.3, -0.25) is 9.78 Å². The zero-order valence-corrected chi connectivity index (χ0v) is 12.8. The Labute approximate surface area is 130 Å². The summed E-state index contributed by atoms with van der Waals surface area (Å²) in [4.78, 5) is 17.1. The van der Waals surface area contributed by atoms with Crippen LogP contribution in [0.3, 0.4) is 0 Å². The van der Waals surface area contributed by atoms with Gasteiger partial charge in [-0.15, -0.1) is 11.3 Å². The van der Waals surface area contributed by atoms with E-state index in [4.69, 9.17) is 17.3 Å². The van der Waals surface area contributed by atoms with Crippen molar-refractivity contribution in [1.29, 1.82) is 0 Å². The van der Waals surface area contributed by atoms with E-state index in [0.29, 0.717) is 26.8 Å². The molecule has 1 amide bonds. The number of nitrogen functional groups attached to an aromatic ring is 1. The van der Waals surface area contributed by atoms with Crippen molar-refractivity contribution in [2.45, 2.75) is 6.92 Å². The summed E-state index contributed by atoms with van der Waals surface area (Å²) < 4.78 is 0. The molecule has 2 aromatic heterocycles. The average Bonchev–Trinajstić information content (AvgIpc) is 2.82. The molecular weight excluding hydrogens is 306 g/mol. The summed E-state index contributed by atoms with van der Waals surface area (Å²) in [5.74, 6) is -0.229. The normalized spacial score (nSPS) is 10.8. The Morgan fingerprint density at radius 3 is 2.90 bits per heavy atom. The molecule has 0 aliphatic rings. The van der Waals surface area contributed by atoms with Crippen LogP contribution in [0.2, 0.25) is 5.02 Å². The number of nitrogens with zero attached hydrogens (tertiary/aromatic N) is 1. The molecular formula is C15H12ClN3OS. The van der Waals surface area contributed by atoms with Gasteiger partial charge in [-0.25, -0.2) is 0 Å². The molecule has 3 rings (SSSR count). The van der Waals surface area contributed by atoms with Crippen LogP contribution in [0.15, 0.2) is 35.8 Å². The summed E-state index contributed by atoms with van der Waals surface area (Å²) in [6, 6.07) is 7.17. The Morgan fingerprint density at radius 1 is 1.38 bits per heavy atom. The predicted molar refractivity (Wildman–Crippen MR) is 88.2 cm³/mol. The van der Waals surface area contributed by atoms with Gasteiger partial charge in [-0.1, -0.05) is 11.6 Å². The first kappa shape index (κ1) is 13.9. The fraction of sp³-hybridized carbons (Fsp3) is 0.0667. The van der Waals surface area contributed by atoms with Gasteiger partial charge >= 0.3 is 0 Å². The molecule has 6 heteroatoms. The van der Waals surface area contributed by atoms with Crippen molar-refractivity contribution < 1.29 is 4.79 Å². The van der Waals surface area contributed by atoms with Crippen molar-refractivity contribution >= 4 is 51.1 Å². The molecule has 0 unspecified atom stereocenters. The van der Waals surface area contributed by atoms with E-state index in [0.717, 1.165) is 10.9 Å². The molecule has 0 bridgehead atoms. The third-order valence-corrected chi connectivity index (χ3v) is 4.85. The summed E-state index contributed by atoms with van der Waals surface area (Å²) >= 11 is 7.46. The molecule has 4 nitrogen and oxygen atoms in total. The van der Waals surface area contributed by atoms with Crippen molar-refractivity contribution in [2.24, 2.45) is 0 Å². The summed E-state index contributed by atoms with van der Waals surface area (Å²) in [7, 11) is 0. The van der Waals surface area contributed by atoms with E-state index in [2.05, 4.69) is 10.3 Å². The number of halogens is 1. The number of benzene rings is 1. The lowest BCUT2D eigenvalue weighted by atomic mass is 10.1. The molecule has 1 aromatic carbocycles. The molecule has 0 aliphatic heterocycles. The number of anilines is 2. The fourth-order valence-electron chi connectivity index (χ4n) is 2.07. The number of carbonyl (C=O) groups is 1. The topological polar surface area (TPSA) is 68.0 Å². The van der Waals surface area contributed by atoms with Gasteiger partial charge in [0.1, 0.15) is 4.88 Å². The number of amides is 1. The summed E-state index contributed by atoms with van der Waals surface area (Å²) in [6.45, 7) is 1.87. The fourth-order valence-corrected chi connectivity index (χ4v) is 3.24. The molecule has 0 aliphatic carbocycles. The molecule has 3 aromatic rings. The number of rotatable bonds is 2. The molecule has 0 spiro atoms. The van der Waals surface area contributed by atoms with Gasteiger partial charge in [0.2, 0.25) is 0 Å². The average molecular weight is 318 g/mol. The van der Waals surface area contributed by atoms with Gasteiger partial charge < -0.3 is 11.1 Å². The number of pyridine rings is 1. The van der Waals surface area contributed by atoms with Crippen LogP contribution in [0.1, 0.15) is 15.2 Å². The third-order valence-electron chi connectivity index (χ3n) is 3.15. The van der Waals surface area contributed by atoms with Crippen molar-refractivity contribution in [3.05, 3.63) is 51.3 Å². The first-order chi connectivity index (χ1) is 10.1. The number of nitrogens with one attached hydrogen (secondary N) is 1. The van der Waals surface area contributed by atoms with Crippen LogP contribution in [0.4, 0.5) is 11.4 Å². The zero-order valence-electron chi connectivity index (χ0n) is 11.2. The number of fused-ring (bicyclic) bond motifs is 1. The number of thiophene rings is 1. The summed E-state index contributed by atoms with van der Waals surface area (Å²) in [5, 5.41) is 6.03. The molecule has 0 saturated heterocycles. The van der Waals surface area contributed by atoms with Gasteiger partial charge in [-0.05, 0) is 42.1 Å². The van der Waals surface area contributed by atoms with Gasteiger partial charge in [0.05, 0.1) is 21.9 Å². The Morgan fingerprint density at radius 2 is 2.19 bits per heavy atom. The molecule has 0 radical (unpaired) electrons. The van der Waals surface area contributed by atoms with Crippen LogP contribution in [-0.2, 0) is 0 Å². The molecule has 0 fully saturated rings. The molecule has 21 heavy (non-hydrogen) atoms.